The van der Waals surface area contributed by atoms with Gasteiger partial charge in [0.2, 0.25) is 0 Å². The second kappa shape index (κ2) is 10.3. The standard InChI is InChI=1S/C17H38P2.2ClH.Pd/c1-14(2,3)18(15(4,5)6)13-19(16(7,8)9)17(10,11)12;;;/h13H2,1-12H3;2*1H;/q;;;+2/p-2. The molecule has 0 aliphatic rings. The van der Waals surface area contributed by atoms with E-state index in [-0.39, 0.29) is 61.1 Å². The molecule has 0 aromatic rings. The normalized spacial score (nSPS) is 13.4. The van der Waals surface area contributed by atoms with Crippen molar-refractivity contribution in [2.45, 2.75) is 104 Å². The summed E-state index contributed by atoms with van der Waals surface area (Å²) in [4.78, 5) is 0. The maximum Gasteiger partial charge on any atom is 2.00 e. The molecule has 0 aromatic carbocycles. The van der Waals surface area contributed by atoms with E-state index in [4.69, 9.17) is 0 Å². The molecule has 0 nitrogen and oxygen atoms in total. The van der Waals surface area contributed by atoms with Crippen LogP contribution < -0.4 is 24.8 Å². The van der Waals surface area contributed by atoms with Gasteiger partial charge < -0.3 is 24.8 Å². The van der Waals surface area contributed by atoms with Crippen molar-refractivity contribution >= 4 is 15.8 Å². The molecule has 0 amide bonds. The van der Waals surface area contributed by atoms with Crippen LogP contribution in [0.1, 0.15) is 83.1 Å². The first-order chi connectivity index (χ1) is 7.97. The number of hydrogen-bond acceptors (Lipinski definition) is 0. The Kier molecular flexibility index (Phi) is 14.9. The Labute approximate surface area is 170 Å². The van der Waals surface area contributed by atoms with E-state index in [1.165, 1.54) is 5.90 Å². The van der Waals surface area contributed by atoms with E-state index in [0.717, 1.165) is 0 Å². The Bertz CT molecular complexity index is 236. The fourth-order valence-corrected chi connectivity index (χ4v) is 14.9. The Morgan fingerprint density at radius 2 is 0.591 bits per heavy atom. The molecular formula is C17H38Cl2P2Pd. The monoisotopic (exact) mass is 480 g/mol. The van der Waals surface area contributed by atoms with Gasteiger partial charge in [0.1, 0.15) is 0 Å². The van der Waals surface area contributed by atoms with Crippen molar-refractivity contribution in [3.05, 3.63) is 0 Å². The van der Waals surface area contributed by atoms with Gasteiger partial charge in [0.05, 0.1) is 0 Å². The summed E-state index contributed by atoms with van der Waals surface area (Å²) < 4.78 is 0. The summed E-state index contributed by atoms with van der Waals surface area (Å²) in [6, 6.07) is 0. The van der Waals surface area contributed by atoms with Gasteiger partial charge in [-0.1, -0.05) is 98.9 Å². The van der Waals surface area contributed by atoms with Crippen molar-refractivity contribution in [2.75, 3.05) is 5.90 Å². The van der Waals surface area contributed by atoms with Gasteiger partial charge in [-0.2, -0.15) is 0 Å². The molecule has 0 saturated heterocycles. The predicted octanol–water partition coefficient (Wildman–Crippen LogP) is 1.11. The van der Waals surface area contributed by atoms with Gasteiger partial charge in [-0.05, 0) is 26.5 Å². The van der Waals surface area contributed by atoms with Crippen LogP contribution in [-0.4, -0.2) is 26.5 Å². The van der Waals surface area contributed by atoms with Crippen molar-refractivity contribution in [1.29, 1.82) is 0 Å². The summed E-state index contributed by atoms with van der Waals surface area (Å²) in [5, 5.41) is 1.80. The molecule has 0 atom stereocenters. The molecule has 0 unspecified atom stereocenters. The van der Waals surface area contributed by atoms with E-state index < -0.39 is 0 Å². The minimum absolute atomic E-state index is 0. The topological polar surface area (TPSA) is 0 Å². The summed E-state index contributed by atoms with van der Waals surface area (Å²) >= 11 is 0. The van der Waals surface area contributed by atoms with Gasteiger partial charge in [0.15, 0.2) is 0 Å². The average Bonchev–Trinajstić information content (AvgIpc) is 1.91. The molecule has 0 aliphatic heterocycles. The molecule has 0 heterocycles. The summed E-state index contributed by atoms with van der Waals surface area (Å²) in [5.41, 5.74) is 0. The van der Waals surface area contributed by atoms with Crippen LogP contribution in [0.25, 0.3) is 0 Å². The van der Waals surface area contributed by atoms with Gasteiger partial charge in [0.25, 0.3) is 0 Å². The fourth-order valence-electron chi connectivity index (χ4n) is 3.00. The van der Waals surface area contributed by atoms with Crippen LogP contribution in [0, 0.1) is 0 Å². The molecule has 140 valence electrons. The van der Waals surface area contributed by atoms with E-state index in [2.05, 4.69) is 83.1 Å². The maximum atomic E-state index is 2.45. The second-order valence-electron chi connectivity index (χ2n) is 9.68. The van der Waals surface area contributed by atoms with Crippen LogP contribution in [0.5, 0.6) is 0 Å². The van der Waals surface area contributed by atoms with Crippen LogP contribution in [0.4, 0.5) is 0 Å². The largest absolute Gasteiger partial charge is 2.00 e. The number of halogens is 2. The third-order valence-corrected chi connectivity index (χ3v) is 12.3. The minimum atomic E-state index is 0. The molecule has 0 rings (SSSR count). The maximum absolute atomic E-state index is 2.45. The van der Waals surface area contributed by atoms with Gasteiger partial charge in [-0.15, -0.1) is 0 Å². The average molecular weight is 482 g/mol. The summed E-state index contributed by atoms with van der Waals surface area (Å²) in [5.74, 6) is 1.45. The first-order valence-electron chi connectivity index (χ1n) is 7.53. The predicted molar refractivity (Wildman–Crippen MR) is 97.7 cm³/mol. The SMILES string of the molecule is CC(C)(C)P(CP(C(C)(C)C)C(C)(C)C)C(C)(C)C.[Cl-].[Cl-].[Pd+2]. The molecule has 0 fully saturated rings. The molecular weight excluding hydrogens is 443 g/mol. The van der Waals surface area contributed by atoms with Crippen molar-refractivity contribution in [3.63, 3.8) is 0 Å². The molecule has 0 N–H and O–H groups in total. The van der Waals surface area contributed by atoms with Crippen LogP contribution in [-0.2, 0) is 20.4 Å². The molecule has 0 spiro atoms. The Morgan fingerprint density at radius 1 is 0.455 bits per heavy atom. The van der Waals surface area contributed by atoms with Gasteiger partial charge in [-0.25, -0.2) is 0 Å². The molecule has 0 aromatic heterocycles. The van der Waals surface area contributed by atoms with Crippen LogP contribution in [0.3, 0.4) is 0 Å². The molecule has 22 heavy (non-hydrogen) atoms. The first-order valence-corrected chi connectivity index (χ1v) is 10.6. The third-order valence-electron chi connectivity index (χ3n) is 3.52. The Morgan fingerprint density at radius 3 is 0.682 bits per heavy atom. The Hall–Kier alpha value is 2.10. The van der Waals surface area contributed by atoms with Crippen molar-refractivity contribution < 1.29 is 45.2 Å². The second-order valence-corrected chi connectivity index (χ2v) is 17.9. The molecule has 0 aliphatic carbocycles. The smallest absolute Gasteiger partial charge is 1.00 e. The van der Waals surface area contributed by atoms with Crippen LogP contribution in [0.15, 0.2) is 0 Å². The molecule has 0 bridgehead atoms. The minimum Gasteiger partial charge on any atom is -1.00 e. The Balaban J connectivity index is -0.000000540. The summed E-state index contributed by atoms with van der Waals surface area (Å²) in [6.07, 6.45) is 0. The molecule has 0 saturated carbocycles. The van der Waals surface area contributed by atoms with E-state index in [1.54, 1.807) is 0 Å². The quantitative estimate of drug-likeness (QED) is 0.410. The molecule has 0 radical (unpaired) electrons. The van der Waals surface area contributed by atoms with Crippen molar-refractivity contribution in [3.8, 4) is 0 Å². The zero-order valence-electron chi connectivity index (χ0n) is 16.7. The third kappa shape index (κ3) is 10.9. The fraction of sp³-hybridized carbons (Fsp3) is 1.00. The van der Waals surface area contributed by atoms with Gasteiger partial charge in [0, 0.05) is 0 Å². The van der Waals surface area contributed by atoms with E-state index in [0.29, 0.717) is 20.6 Å². The van der Waals surface area contributed by atoms with Gasteiger partial charge in [-0.3, -0.25) is 0 Å². The van der Waals surface area contributed by atoms with Crippen LogP contribution in [0.2, 0.25) is 0 Å². The van der Waals surface area contributed by atoms with Crippen LogP contribution >= 0.6 is 15.8 Å². The summed E-state index contributed by atoms with van der Waals surface area (Å²) in [6.45, 7) is 29.4. The van der Waals surface area contributed by atoms with E-state index >= 15 is 0 Å². The zero-order valence-corrected chi connectivity index (χ0v) is 21.5. The van der Waals surface area contributed by atoms with E-state index in [1.807, 2.05) is 0 Å². The number of rotatable bonds is 2. The first kappa shape index (κ1) is 31.8. The zero-order chi connectivity index (χ0) is 15.9. The summed E-state index contributed by atoms with van der Waals surface area (Å²) in [7, 11) is 0.0363. The van der Waals surface area contributed by atoms with Crippen molar-refractivity contribution in [1.82, 2.24) is 0 Å². The van der Waals surface area contributed by atoms with Crippen molar-refractivity contribution in [2.24, 2.45) is 0 Å². The van der Waals surface area contributed by atoms with Gasteiger partial charge >= 0.3 is 20.4 Å². The molecule has 5 heteroatoms. The van der Waals surface area contributed by atoms with E-state index in [9.17, 15) is 0 Å². The number of hydrogen-bond donors (Lipinski definition) is 0.